The SMILES string of the molecule is Cc1cccc2c(=O)c(N)c(-c3ccccc3)oc12. The fraction of sp³-hybridized carbons (Fsp3) is 0.0625. The Balaban J connectivity index is 2.42. The lowest BCUT2D eigenvalue weighted by atomic mass is 10.1. The van der Waals surface area contributed by atoms with E-state index in [4.69, 9.17) is 10.2 Å². The van der Waals surface area contributed by atoms with E-state index in [9.17, 15) is 4.79 Å². The van der Waals surface area contributed by atoms with Crippen molar-refractivity contribution in [1.82, 2.24) is 0 Å². The van der Waals surface area contributed by atoms with Crippen LogP contribution >= 0.6 is 0 Å². The van der Waals surface area contributed by atoms with Crippen molar-refractivity contribution in [3.8, 4) is 11.3 Å². The van der Waals surface area contributed by atoms with Gasteiger partial charge in [-0.25, -0.2) is 0 Å². The van der Waals surface area contributed by atoms with Gasteiger partial charge in [0.2, 0.25) is 5.43 Å². The van der Waals surface area contributed by atoms with Gasteiger partial charge in [0.15, 0.2) is 5.76 Å². The summed E-state index contributed by atoms with van der Waals surface area (Å²) in [4.78, 5) is 12.3. The van der Waals surface area contributed by atoms with Crippen LogP contribution in [0.2, 0.25) is 0 Å². The predicted octanol–water partition coefficient (Wildman–Crippen LogP) is 3.35. The molecule has 2 aromatic carbocycles. The number of para-hydroxylation sites is 1. The lowest BCUT2D eigenvalue weighted by molar-refractivity contribution is 0.618. The number of nitrogens with two attached hydrogens (primary N) is 1. The molecule has 0 fully saturated rings. The topological polar surface area (TPSA) is 56.2 Å². The van der Waals surface area contributed by atoms with Crippen molar-refractivity contribution in [2.24, 2.45) is 0 Å². The van der Waals surface area contributed by atoms with Crippen molar-refractivity contribution >= 4 is 16.7 Å². The fourth-order valence-corrected chi connectivity index (χ4v) is 2.18. The first kappa shape index (κ1) is 11.5. The van der Waals surface area contributed by atoms with E-state index in [1.165, 1.54) is 0 Å². The van der Waals surface area contributed by atoms with Gasteiger partial charge in [0, 0.05) is 5.56 Å². The van der Waals surface area contributed by atoms with E-state index in [1.54, 1.807) is 6.07 Å². The number of fused-ring (bicyclic) bond motifs is 1. The molecule has 1 aromatic heterocycles. The maximum atomic E-state index is 12.3. The second-order valence-corrected chi connectivity index (χ2v) is 4.49. The summed E-state index contributed by atoms with van der Waals surface area (Å²) in [7, 11) is 0. The van der Waals surface area contributed by atoms with Crippen molar-refractivity contribution in [3.05, 3.63) is 64.3 Å². The van der Waals surface area contributed by atoms with Gasteiger partial charge in [0.25, 0.3) is 0 Å². The second kappa shape index (κ2) is 4.28. The lowest BCUT2D eigenvalue weighted by Crippen LogP contribution is -2.10. The van der Waals surface area contributed by atoms with Gasteiger partial charge in [-0.2, -0.15) is 0 Å². The molecule has 0 atom stereocenters. The molecule has 3 heteroatoms. The minimum absolute atomic E-state index is 0.157. The first-order valence-corrected chi connectivity index (χ1v) is 6.06. The van der Waals surface area contributed by atoms with Gasteiger partial charge in [-0.1, -0.05) is 42.5 Å². The first-order chi connectivity index (χ1) is 9.18. The molecular weight excluding hydrogens is 238 g/mol. The van der Waals surface area contributed by atoms with Crippen LogP contribution in [0.4, 0.5) is 5.69 Å². The Morgan fingerprint density at radius 1 is 1.00 bits per heavy atom. The van der Waals surface area contributed by atoms with E-state index in [1.807, 2.05) is 49.4 Å². The van der Waals surface area contributed by atoms with Crippen molar-refractivity contribution in [3.63, 3.8) is 0 Å². The third kappa shape index (κ3) is 1.80. The quantitative estimate of drug-likeness (QED) is 0.721. The Morgan fingerprint density at radius 2 is 1.74 bits per heavy atom. The molecule has 3 aromatic rings. The van der Waals surface area contributed by atoms with Crippen LogP contribution in [0.15, 0.2) is 57.7 Å². The number of hydrogen-bond donors (Lipinski definition) is 1. The molecule has 3 rings (SSSR count). The van der Waals surface area contributed by atoms with E-state index in [0.717, 1.165) is 11.1 Å². The van der Waals surface area contributed by atoms with Gasteiger partial charge in [-0.3, -0.25) is 4.79 Å². The van der Waals surface area contributed by atoms with E-state index >= 15 is 0 Å². The number of benzene rings is 2. The van der Waals surface area contributed by atoms with E-state index in [0.29, 0.717) is 16.7 Å². The van der Waals surface area contributed by atoms with Crippen LogP contribution in [0.3, 0.4) is 0 Å². The van der Waals surface area contributed by atoms with Gasteiger partial charge in [-0.05, 0) is 18.6 Å². The fourth-order valence-electron chi connectivity index (χ4n) is 2.18. The van der Waals surface area contributed by atoms with E-state index in [2.05, 4.69) is 0 Å². The van der Waals surface area contributed by atoms with Crippen LogP contribution < -0.4 is 11.2 Å². The van der Waals surface area contributed by atoms with Crippen molar-refractivity contribution in [1.29, 1.82) is 0 Å². The minimum atomic E-state index is -0.177. The molecular formula is C16H13NO2. The molecule has 0 saturated carbocycles. The predicted molar refractivity (Wildman–Crippen MR) is 77.1 cm³/mol. The molecule has 2 N–H and O–H groups in total. The number of hydrogen-bond acceptors (Lipinski definition) is 3. The third-order valence-corrected chi connectivity index (χ3v) is 3.19. The summed E-state index contributed by atoms with van der Waals surface area (Å²) in [6.45, 7) is 1.91. The maximum absolute atomic E-state index is 12.3. The summed E-state index contributed by atoms with van der Waals surface area (Å²) >= 11 is 0. The Kier molecular flexibility index (Phi) is 2.60. The molecule has 0 spiro atoms. The van der Waals surface area contributed by atoms with Crippen LogP contribution in [0.5, 0.6) is 0 Å². The highest BCUT2D eigenvalue weighted by Crippen LogP contribution is 2.28. The number of aryl methyl sites for hydroxylation is 1. The molecule has 0 amide bonds. The summed E-state index contributed by atoms with van der Waals surface area (Å²) < 4.78 is 5.87. The zero-order chi connectivity index (χ0) is 13.4. The largest absolute Gasteiger partial charge is 0.453 e. The highest BCUT2D eigenvalue weighted by Gasteiger charge is 2.13. The van der Waals surface area contributed by atoms with Crippen LogP contribution in [0.1, 0.15) is 5.56 Å². The monoisotopic (exact) mass is 251 g/mol. The van der Waals surface area contributed by atoms with E-state index < -0.39 is 0 Å². The Morgan fingerprint density at radius 3 is 2.47 bits per heavy atom. The van der Waals surface area contributed by atoms with Gasteiger partial charge in [0.1, 0.15) is 11.3 Å². The molecule has 0 aliphatic rings. The smallest absolute Gasteiger partial charge is 0.216 e. The van der Waals surface area contributed by atoms with Crippen LogP contribution in [0.25, 0.3) is 22.3 Å². The average molecular weight is 251 g/mol. The first-order valence-electron chi connectivity index (χ1n) is 6.06. The maximum Gasteiger partial charge on any atom is 0.216 e. The Bertz CT molecular complexity index is 804. The standard InChI is InChI=1S/C16H13NO2/c1-10-6-5-9-12-14(18)13(17)16(19-15(10)12)11-7-3-2-4-8-11/h2-9H,17H2,1H3. The van der Waals surface area contributed by atoms with Gasteiger partial charge < -0.3 is 10.2 Å². The summed E-state index contributed by atoms with van der Waals surface area (Å²) in [5.41, 5.74) is 8.23. The molecule has 0 bridgehead atoms. The third-order valence-electron chi connectivity index (χ3n) is 3.19. The highest BCUT2D eigenvalue weighted by molar-refractivity contribution is 5.86. The van der Waals surface area contributed by atoms with Crippen molar-refractivity contribution in [2.45, 2.75) is 6.92 Å². The Hall–Kier alpha value is -2.55. The van der Waals surface area contributed by atoms with E-state index in [-0.39, 0.29) is 11.1 Å². The zero-order valence-electron chi connectivity index (χ0n) is 10.5. The molecule has 3 nitrogen and oxygen atoms in total. The molecule has 19 heavy (non-hydrogen) atoms. The van der Waals surface area contributed by atoms with Crippen LogP contribution in [0, 0.1) is 6.92 Å². The van der Waals surface area contributed by atoms with Gasteiger partial charge in [0.05, 0.1) is 5.39 Å². The highest BCUT2D eigenvalue weighted by atomic mass is 16.3. The molecule has 0 aliphatic heterocycles. The summed E-state index contributed by atoms with van der Waals surface area (Å²) in [6.07, 6.45) is 0. The Labute approximate surface area is 110 Å². The molecule has 0 unspecified atom stereocenters. The van der Waals surface area contributed by atoms with Gasteiger partial charge >= 0.3 is 0 Å². The number of rotatable bonds is 1. The molecule has 0 saturated heterocycles. The lowest BCUT2D eigenvalue weighted by Gasteiger charge is -2.08. The van der Waals surface area contributed by atoms with Crippen molar-refractivity contribution < 1.29 is 4.42 Å². The number of nitrogen functional groups attached to an aromatic ring is 1. The van der Waals surface area contributed by atoms with Crippen molar-refractivity contribution in [2.75, 3.05) is 5.73 Å². The second-order valence-electron chi connectivity index (χ2n) is 4.49. The summed E-state index contributed by atoms with van der Waals surface area (Å²) in [5, 5.41) is 0.525. The normalized spacial score (nSPS) is 10.8. The molecule has 0 radical (unpaired) electrons. The number of anilines is 1. The van der Waals surface area contributed by atoms with Gasteiger partial charge in [-0.15, -0.1) is 0 Å². The molecule has 94 valence electrons. The van der Waals surface area contributed by atoms with Crippen LogP contribution in [-0.4, -0.2) is 0 Å². The average Bonchev–Trinajstić information content (AvgIpc) is 2.44. The molecule has 0 aliphatic carbocycles. The minimum Gasteiger partial charge on any atom is -0.453 e. The zero-order valence-corrected chi connectivity index (χ0v) is 10.5. The van der Waals surface area contributed by atoms with Crippen LogP contribution in [-0.2, 0) is 0 Å². The molecule has 1 heterocycles. The summed E-state index contributed by atoms with van der Waals surface area (Å²) in [5.74, 6) is 0.437. The summed E-state index contributed by atoms with van der Waals surface area (Å²) in [6, 6.07) is 14.9.